The molecule has 0 amide bonds. The summed E-state index contributed by atoms with van der Waals surface area (Å²) in [7, 11) is 0. The summed E-state index contributed by atoms with van der Waals surface area (Å²) in [5.74, 6) is -0.395. The largest absolute Gasteiger partial charge is 0.381 e. The van der Waals surface area contributed by atoms with Crippen LogP contribution in [-0.4, -0.2) is 5.11 Å². The Morgan fingerprint density at radius 2 is 1.72 bits per heavy atom. The maximum atomic E-state index is 13.9. The molecule has 0 aliphatic rings. The summed E-state index contributed by atoms with van der Waals surface area (Å²) in [6.45, 7) is 3.48. The van der Waals surface area contributed by atoms with Crippen molar-refractivity contribution in [1.82, 2.24) is 0 Å². The van der Waals surface area contributed by atoms with Gasteiger partial charge in [-0.1, -0.05) is 39.7 Å². The molecule has 1 atom stereocenters. The molecule has 0 aliphatic heterocycles. The van der Waals surface area contributed by atoms with Crippen LogP contribution >= 0.6 is 15.9 Å². The number of aryl methyl sites for hydroxylation is 1. The van der Waals surface area contributed by atoms with Gasteiger partial charge >= 0.3 is 0 Å². The van der Waals surface area contributed by atoms with Crippen molar-refractivity contribution in [3.63, 3.8) is 0 Å². The average Bonchev–Trinajstić information content (AvgIpc) is 2.32. The third-order valence-corrected chi connectivity index (χ3v) is 3.58. The van der Waals surface area contributed by atoms with Crippen molar-refractivity contribution in [2.45, 2.75) is 19.4 Å². The fourth-order valence-corrected chi connectivity index (χ4v) is 2.21. The van der Waals surface area contributed by atoms with Crippen LogP contribution in [0.4, 0.5) is 4.39 Å². The second-order valence-corrected chi connectivity index (χ2v) is 5.48. The van der Waals surface area contributed by atoms with Gasteiger partial charge in [0.25, 0.3) is 0 Å². The van der Waals surface area contributed by atoms with Gasteiger partial charge in [-0.2, -0.15) is 0 Å². The molecule has 0 fully saturated rings. The number of hydrogen-bond acceptors (Lipinski definition) is 1. The summed E-state index contributed by atoms with van der Waals surface area (Å²) >= 11 is 3.34. The maximum Gasteiger partial charge on any atom is 0.129 e. The Morgan fingerprint density at radius 1 is 1.11 bits per heavy atom. The van der Waals surface area contributed by atoms with Crippen LogP contribution in [0.15, 0.2) is 46.9 Å². The van der Waals surface area contributed by atoms with E-state index >= 15 is 0 Å². The quantitative estimate of drug-likeness (QED) is 0.883. The van der Waals surface area contributed by atoms with E-state index in [9.17, 15) is 9.50 Å². The van der Waals surface area contributed by atoms with E-state index in [1.807, 2.05) is 19.1 Å². The molecule has 0 aliphatic carbocycles. The Labute approximate surface area is 114 Å². The molecule has 2 aromatic rings. The molecule has 0 saturated carbocycles. The molecule has 1 nitrogen and oxygen atoms in total. The van der Waals surface area contributed by atoms with Crippen molar-refractivity contribution in [2.75, 3.05) is 0 Å². The van der Waals surface area contributed by atoms with Crippen LogP contribution in [0.1, 0.15) is 23.6 Å². The van der Waals surface area contributed by atoms with Crippen molar-refractivity contribution in [3.05, 3.63) is 69.4 Å². The molecule has 1 N–H and O–H groups in total. The van der Waals surface area contributed by atoms with Gasteiger partial charge in [-0.3, -0.25) is 0 Å². The van der Waals surface area contributed by atoms with E-state index in [1.54, 1.807) is 31.2 Å². The van der Waals surface area contributed by atoms with Crippen molar-refractivity contribution in [2.24, 2.45) is 0 Å². The first-order valence-corrected chi connectivity index (χ1v) is 6.45. The van der Waals surface area contributed by atoms with Gasteiger partial charge < -0.3 is 5.11 Å². The predicted octanol–water partition coefficient (Wildman–Crippen LogP) is 4.15. The van der Waals surface area contributed by atoms with Gasteiger partial charge in [0.2, 0.25) is 0 Å². The summed E-state index contributed by atoms with van der Waals surface area (Å²) < 4.78 is 14.8. The lowest BCUT2D eigenvalue weighted by Gasteiger charge is -2.25. The van der Waals surface area contributed by atoms with E-state index in [2.05, 4.69) is 15.9 Å². The highest BCUT2D eigenvalue weighted by atomic mass is 79.9. The lowest BCUT2D eigenvalue weighted by Crippen LogP contribution is -2.24. The smallest absolute Gasteiger partial charge is 0.129 e. The number of benzene rings is 2. The fourth-order valence-electron chi connectivity index (χ4n) is 1.94. The summed E-state index contributed by atoms with van der Waals surface area (Å²) in [5.41, 5.74) is 0.542. The third-order valence-electron chi connectivity index (χ3n) is 3.05. The molecule has 0 saturated heterocycles. The van der Waals surface area contributed by atoms with E-state index in [0.717, 1.165) is 10.0 Å². The van der Waals surface area contributed by atoms with E-state index in [-0.39, 0.29) is 0 Å². The third kappa shape index (κ3) is 2.47. The van der Waals surface area contributed by atoms with E-state index in [1.165, 1.54) is 6.07 Å². The van der Waals surface area contributed by atoms with Crippen molar-refractivity contribution < 1.29 is 9.50 Å². The Kier molecular flexibility index (Phi) is 3.55. The minimum Gasteiger partial charge on any atom is -0.381 e. The maximum absolute atomic E-state index is 13.9. The Balaban J connectivity index is 2.53. The molecule has 18 heavy (non-hydrogen) atoms. The van der Waals surface area contributed by atoms with Crippen LogP contribution in [0.5, 0.6) is 0 Å². The monoisotopic (exact) mass is 308 g/mol. The fraction of sp³-hybridized carbons (Fsp3) is 0.200. The molecule has 0 heterocycles. The molecule has 3 heteroatoms. The lowest BCUT2D eigenvalue weighted by atomic mass is 9.87. The van der Waals surface area contributed by atoms with Crippen LogP contribution in [0.25, 0.3) is 0 Å². The van der Waals surface area contributed by atoms with Crippen LogP contribution in [0.3, 0.4) is 0 Å². The Hall–Kier alpha value is -1.19. The summed E-state index contributed by atoms with van der Waals surface area (Å²) in [6.07, 6.45) is 0. The van der Waals surface area contributed by atoms with Gasteiger partial charge in [0.1, 0.15) is 11.4 Å². The van der Waals surface area contributed by atoms with Gasteiger partial charge in [0, 0.05) is 10.0 Å². The summed E-state index contributed by atoms with van der Waals surface area (Å²) in [6, 6.07) is 12.0. The minimum atomic E-state index is -1.34. The molecule has 0 aromatic heterocycles. The second-order valence-electron chi connectivity index (χ2n) is 4.56. The molecule has 1 unspecified atom stereocenters. The van der Waals surface area contributed by atoms with Gasteiger partial charge in [-0.15, -0.1) is 0 Å². The molecule has 0 spiro atoms. The van der Waals surface area contributed by atoms with Gasteiger partial charge in [0.05, 0.1) is 0 Å². The number of halogens is 2. The van der Waals surface area contributed by atoms with Crippen LogP contribution in [-0.2, 0) is 5.60 Å². The first kappa shape index (κ1) is 13.2. The zero-order chi connectivity index (χ0) is 13.3. The zero-order valence-corrected chi connectivity index (χ0v) is 11.8. The normalized spacial score (nSPS) is 14.3. The van der Waals surface area contributed by atoms with Gasteiger partial charge in [-0.25, -0.2) is 4.39 Å². The van der Waals surface area contributed by atoms with Crippen molar-refractivity contribution in [3.8, 4) is 0 Å². The highest BCUT2D eigenvalue weighted by Crippen LogP contribution is 2.32. The summed E-state index contributed by atoms with van der Waals surface area (Å²) in [4.78, 5) is 0. The minimum absolute atomic E-state index is 0.296. The molecule has 2 aromatic carbocycles. The number of rotatable bonds is 2. The molecule has 2 rings (SSSR count). The van der Waals surface area contributed by atoms with E-state index < -0.39 is 11.4 Å². The van der Waals surface area contributed by atoms with E-state index in [4.69, 9.17) is 0 Å². The first-order chi connectivity index (χ1) is 8.41. The molecular weight excluding hydrogens is 295 g/mol. The lowest BCUT2D eigenvalue weighted by molar-refractivity contribution is 0.0979. The van der Waals surface area contributed by atoms with Crippen molar-refractivity contribution in [1.29, 1.82) is 0 Å². The molecule has 94 valence electrons. The van der Waals surface area contributed by atoms with Crippen LogP contribution < -0.4 is 0 Å². The highest BCUT2D eigenvalue weighted by molar-refractivity contribution is 9.10. The van der Waals surface area contributed by atoms with E-state index in [0.29, 0.717) is 11.1 Å². The average molecular weight is 309 g/mol. The van der Waals surface area contributed by atoms with Gasteiger partial charge in [0.15, 0.2) is 0 Å². The Bertz CT molecular complexity index is 561. The van der Waals surface area contributed by atoms with Crippen LogP contribution in [0.2, 0.25) is 0 Å². The second kappa shape index (κ2) is 4.82. The first-order valence-electron chi connectivity index (χ1n) is 5.66. The molecule has 0 radical (unpaired) electrons. The van der Waals surface area contributed by atoms with Crippen LogP contribution in [0, 0.1) is 12.7 Å². The van der Waals surface area contributed by atoms with Gasteiger partial charge in [-0.05, 0) is 43.7 Å². The predicted molar refractivity (Wildman–Crippen MR) is 74.0 cm³/mol. The van der Waals surface area contributed by atoms with Crippen molar-refractivity contribution >= 4 is 15.9 Å². The zero-order valence-electron chi connectivity index (χ0n) is 10.2. The molecule has 0 bridgehead atoms. The number of hydrogen-bond donors (Lipinski definition) is 1. The standard InChI is InChI=1S/C15H14BrFO/c1-10-3-8-14(17)13(9-10)15(2,18)11-4-6-12(16)7-5-11/h3-9,18H,1-2H3. The SMILES string of the molecule is Cc1ccc(F)c(C(C)(O)c2ccc(Br)cc2)c1. The Morgan fingerprint density at radius 3 is 2.33 bits per heavy atom. The topological polar surface area (TPSA) is 20.2 Å². The number of aliphatic hydroxyl groups is 1. The summed E-state index contributed by atoms with van der Waals surface area (Å²) in [5, 5.41) is 10.6. The molecular formula is C15H14BrFO. The highest BCUT2D eigenvalue weighted by Gasteiger charge is 2.28.